The molecule has 2 aromatic carbocycles. The summed E-state index contributed by atoms with van der Waals surface area (Å²) in [5, 5.41) is 0. The highest BCUT2D eigenvalue weighted by Gasteiger charge is 2.19. The Balaban J connectivity index is 1.28. The molecular formula is C25H22N4. The van der Waals surface area contributed by atoms with Crippen molar-refractivity contribution in [1.29, 1.82) is 0 Å². The van der Waals surface area contributed by atoms with E-state index in [1.165, 1.54) is 16.8 Å². The van der Waals surface area contributed by atoms with E-state index in [1.807, 2.05) is 48.8 Å². The normalized spacial score (nSPS) is 13.8. The van der Waals surface area contributed by atoms with Gasteiger partial charge in [-0.15, -0.1) is 0 Å². The Hall–Kier alpha value is -3.37. The minimum Gasteiger partial charge on any atom is -0.294 e. The molecule has 29 heavy (non-hydrogen) atoms. The third-order valence-electron chi connectivity index (χ3n) is 5.35. The zero-order valence-corrected chi connectivity index (χ0v) is 16.2. The molecule has 0 atom stereocenters. The summed E-state index contributed by atoms with van der Waals surface area (Å²) in [6.07, 6.45) is 4.94. The van der Waals surface area contributed by atoms with Gasteiger partial charge in [0, 0.05) is 55.1 Å². The Labute approximate surface area is 170 Å². The van der Waals surface area contributed by atoms with Gasteiger partial charge in [0.1, 0.15) is 0 Å². The lowest BCUT2D eigenvalue weighted by Crippen LogP contribution is -2.31. The molecule has 5 rings (SSSR count). The average molecular weight is 378 g/mol. The van der Waals surface area contributed by atoms with Crippen LogP contribution in [0, 0.1) is 0 Å². The van der Waals surface area contributed by atoms with E-state index in [-0.39, 0.29) is 0 Å². The van der Waals surface area contributed by atoms with Crippen LogP contribution in [0.1, 0.15) is 16.8 Å². The topological polar surface area (TPSA) is 41.9 Å². The number of hydrogen-bond acceptors (Lipinski definition) is 4. The van der Waals surface area contributed by atoms with Gasteiger partial charge < -0.3 is 0 Å². The molecular weight excluding hydrogens is 356 g/mol. The van der Waals surface area contributed by atoms with Crippen LogP contribution in [0.3, 0.4) is 0 Å². The summed E-state index contributed by atoms with van der Waals surface area (Å²) in [7, 11) is 0. The first kappa shape index (κ1) is 17.7. The number of aromatic nitrogens is 3. The van der Waals surface area contributed by atoms with Gasteiger partial charge in [-0.05, 0) is 11.6 Å². The lowest BCUT2D eigenvalue weighted by molar-refractivity contribution is 0.242. The standard InChI is InChI=1S/C25H22N4/c1-3-7-20(8-4-1)23-12-11-19(15-26-23)17-29-14-13-24-22(18-29)16-27-25(28-24)21-9-5-2-6-10-21/h1-12,15-16H,13-14,17-18H2. The Kier molecular flexibility index (Phi) is 4.85. The molecule has 1 aliphatic rings. The van der Waals surface area contributed by atoms with Crippen LogP contribution in [0.15, 0.2) is 85.2 Å². The average Bonchev–Trinajstić information content (AvgIpc) is 2.80. The van der Waals surface area contributed by atoms with Crippen molar-refractivity contribution in [3.8, 4) is 22.6 Å². The van der Waals surface area contributed by atoms with E-state index >= 15 is 0 Å². The minimum absolute atomic E-state index is 0.818. The zero-order valence-electron chi connectivity index (χ0n) is 16.2. The van der Waals surface area contributed by atoms with Crippen molar-refractivity contribution < 1.29 is 0 Å². The number of hydrogen-bond donors (Lipinski definition) is 0. The number of pyridine rings is 1. The maximum absolute atomic E-state index is 4.82. The largest absolute Gasteiger partial charge is 0.294 e. The SMILES string of the molecule is c1ccc(-c2ccc(CN3CCc4nc(-c5ccccc5)ncc4C3)cn2)cc1. The number of nitrogens with zero attached hydrogens (tertiary/aromatic N) is 4. The zero-order chi connectivity index (χ0) is 19.5. The summed E-state index contributed by atoms with van der Waals surface area (Å²) in [4.78, 5) is 16.5. The smallest absolute Gasteiger partial charge is 0.159 e. The lowest BCUT2D eigenvalue weighted by atomic mass is 10.1. The van der Waals surface area contributed by atoms with Gasteiger partial charge in [-0.25, -0.2) is 9.97 Å². The first-order chi connectivity index (χ1) is 14.3. The molecule has 0 fully saturated rings. The van der Waals surface area contributed by atoms with Gasteiger partial charge in [0.15, 0.2) is 5.82 Å². The lowest BCUT2D eigenvalue weighted by Gasteiger charge is -2.28. The van der Waals surface area contributed by atoms with Crippen LogP contribution in [0.2, 0.25) is 0 Å². The van der Waals surface area contributed by atoms with E-state index in [0.29, 0.717) is 0 Å². The molecule has 0 amide bonds. The molecule has 1 aliphatic heterocycles. The van der Waals surface area contributed by atoms with Crippen molar-refractivity contribution >= 4 is 0 Å². The van der Waals surface area contributed by atoms with Crippen LogP contribution < -0.4 is 0 Å². The van der Waals surface area contributed by atoms with Crippen molar-refractivity contribution in [3.05, 3.63) is 102 Å². The first-order valence-electron chi connectivity index (χ1n) is 9.98. The summed E-state index contributed by atoms with van der Waals surface area (Å²) < 4.78 is 0. The highest BCUT2D eigenvalue weighted by Crippen LogP contribution is 2.22. The molecule has 0 radical (unpaired) electrons. The molecule has 0 spiro atoms. The van der Waals surface area contributed by atoms with E-state index < -0.39 is 0 Å². The van der Waals surface area contributed by atoms with Crippen LogP contribution in [0.4, 0.5) is 0 Å². The monoisotopic (exact) mass is 378 g/mol. The summed E-state index contributed by atoms with van der Waals surface area (Å²) in [6, 6.07) is 24.8. The van der Waals surface area contributed by atoms with Gasteiger partial charge in [-0.2, -0.15) is 0 Å². The fraction of sp³-hybridized carbons (Fsp3) is 0.160. The Morgan fingerprint density at radius 2 is 1.52 bits per heavy atom. The minimum atomic E-state index is 0.818. The molecule has 0 saturated carbocycles. The number of benzene rings is 2. The molecule has 4 nitrogen and oxygen atoms in total. The van der Waals surface area contributed by atoms with Crippen LogP contribution in [-0.4, -0.2) is 26.4 Å². The van der Waals surface area contributed by atoms with E-state index in [1.54, 1.807) is 0 Å². The van der Waals surface area contributed by atoms with Gasteiger partial charge >= 0.3 is 0 Å². The third-order valence-corrected chi connectivity index (χ3v) is 5.35. The van der Waals surface area contributed by atoms with Crippen molar-refractivity contribution in [1.82, 2.24) is 19.9 Å². The van der Waals surface area contributed by atoms with Gasteiger partial charge in [0.25, 0.3) is 0 Å². The summed E-state index contributed by atoms with van der Waals surface area (Å²) >= 11 is 0. The second-order valence-corrected chi connectivity index (χ2v) is 7.41. The quantitative estimate of drug-likeness (QED) is 0.513. The second kappa shape index (κ2) is 7.94. The molecule has 4 aromatic rings. The molecule has 142 valence electrons. The summed E-state index contributed by atoms with van der Waals surface area (Å²) in [5.74, 6) is 0.818. The van der Waals surface area contributed by atoms with E-state index in [4.69, 9.17) is 4.98 Å². The maximum atomic E-state index is 4.82. The predicted molar refractivity (Wildman–Crippen MR) is 115 cm³/mol. The molecule has 3 heterocycles. The number of rotatable bonds is 4. The molecule has 2 aromatic heterocycles. The maximum Gasteiger partial charge on any atom is 0.159 e. The van der Waals surface area contributed by atoms with Gasteiger partial charge in [0.2, 0.25) is 0 Å². The Bertz CT molecular complexity index is 1090. The fourth-order valence-corrected chi connectivity index (χ4v) is 3.79. The molecule has 0 N–H and O–H groups in total. The highest BCUT2D eigenvalue weighted by molar-refractivity contribution is 5.58. The Morgan fingerprint density at radius 1 is 0.759 bits per heavy atom. The van der Waals surface area contributed by atoms with Crippen LogP contribution >= 0.6 is 0 Å². The second-order valence-electron chi connectivity index (χ2n) is 7.41. The molecule has 0 bridgehead atoms. The van der Waals surface area contributed by atoms with Crippen molar-refractivity contribution in [2.24, 2.45) is 0 Å². The highest BCUT2D eigenvalue weighted by atomic mass is 15.1. The predicted octanol–water partition coefficient (Wildman–Crippen LogP) is 4.76. The fourth-order valence-electron chi connectivity index (χ4n) is 3.79. The summed E-state index contributed by atoms with van der Waals surface area (Å²) in [6.45, 7) is 2.77. The molecule has 4 heteroatoms. The van der Waals surface area contributed by atoms with E-state index in [0.717, 1.165) is 48.7 Å². The van der Waals surface area contributed by atoms with E-state index in [9.17, 15) is 0 Å². The van der Waals surface area contributed by atoms with Crippen molar-refractivity contribution in [3.63, 3.8) is 0 Å². The van der Waals surface area contributed by atoms with Crippen LogP contribution in [0.25, 0.3) is 22.6 Å². The van der Waals surface area contributed by atoms with Gasteiger partial charge in [-0.3, -0.25) is 9.88 Å². The van der Waals surface area contributed by atoms with Crippen molar-refractivity contribution in [2.45, 2.75) is 19.5 Å². The van der Waals surface area contributed by atoms with Crippen LogP contribution in [0.5, 0.6) is 0 Å². The number of fused-ring (bicyclic) bond motifs is 1. The third kappa shape index (κ3) is 3.93. The molecule has 0 unspecified atom stereocenters. The first-order valence-corrected chi connectivity index (χ1v) is 9.98. The molecule has 0 aliphatic carbocycles. The Morgan fingerprint density at radius 3 is 2.24 bits per heavy atom. The van der Waals surface area contributed by atoms with Gasteiger partial charge in [-0.1, -0.05) is 66.7 Å². The van der Waals surface area contributed by atoms with Crippen LogP contribution in [-0.2, 0) is 19.5 Å². The summed E-state index contributed by atoms with van der Waals surface area (Å²) in [5.41, 5.74) is 6.87. The molecule has 0 saturated heterocycles. The van der Waals surface area contributed by atoms with Gasteiger partial charge in [0.05, 0.1) is 11.4 Å². The van der Waals surface area contributed by atoms with E-state index in [2.05, 4.69) is 51.3 Å². The van der Waals surface area contributed by atoms with Crippen molar-refractivity contribution in [2.75, 3.05) is 6.54 Å².